The van der Waals surface area contributed by atoms with E-state index in [1.54, 1.807) is 16.7 Å². The number of aromatic nitrogens is 4. The van der Waals surface area contributed by atoms with Crippen molar-refractivity contribution in [3.63, 3.8) is 0 Å². The highest BCUT2D eigenvalue weighted by molar-refractivity contribution is 5.05. The van der Waals surface area contributed by atoms with Gasteiger partial charge in [-0.15, -0.1) is 0 Å². The summed E-state index contributed by atoms with van der Waals surface area (Å²) in [5.41, 5.74) is 0.994. The number of nitrogens with one attached hydrogen (secondary N) is 1. The summed E-state index contributed by atoms with van der Waals surface area (Å²) in [4.78, 5) is 16.3. The Bertz CT molecular complexity index is 614. The van der Waals surface area contributed by atoms with Gasteiger partial charge in [-0.05, 0) is 18.9 Å². The number of pyridine rings is 1. The van der Waals surface area contributed by atoms with E-state index >= 15 is 0 Å². The maximum atomic E-state index is 11.8. The molecule has 5 nitrogen and oxygen atoms in total. The summed E-state index contributed by atoms with van der Waals surface area (Å²) in [5.74, 6) is 2.32. The number of hydrogen-bond acceptors (Lipinski definition) is 3. The molecule has 2 rings (SSSR count). The van der Waals surface area contributed by atoms with Gasteiger partial charge in [0.25, 0.3) is 5.56 Å². The molecule has 0 aliphatic rings. The van der Waals surface area contributed by atoms with Gasteiger partial charge in [-0.25, -0.2) is 4.98 Å². The third kappa shape index (κ3) is 3.56. The van der Waals surface area contributed by atoms with Crippen LogP contribution in [-0.4, -0.2) is 19.7 Å². The summed E-state index contributed by atoms with van der Waals surface area (Å²) < 4.78 is 1.75. The lowest BCUT2D eigenvalue weighted by Crippen LogP contribution is -2.22. The molecule has 2 aromatic rings. The Labute approximate surface area is 119 Å². The molecule has 1 N–H and O–H groups in total. The van der Waals surface area contributed by atoms with Crippen LogP contribution in [0, 0.1) is 12.8 Å². The Morgan fingerprint density at radius 1 is 1.40 bits per heavy atom. The van der Waals surface area contributed by atoms with Gasteiger partial charge in [0, 0.05) is 31.1 Å². The molecule has 0 saturated heterocycles. The topological polar surface area (TPSA) is 63.6 Å². The van der Waals surface area contributed by atoms with Crippen LogP contribution in [0.25, 0.3) is 0 Å². The molecular weight excluding hydrogens is 252 g/mol. The van der Waals surface area contributed by atoms with Crippen molar-refractivity contribution in [2.45, 2.75) is 46.6 Å². The molecule has 0 fully saturated rings. The number of H-pyrrole nitrogens is 1. The first-order valence-corrected chi connectivity index (χ1v) is 7.16. The van der Waals surface area contributed by atoms with Crippen LogP contribution in [0.2, 0.25) is 0 Å². The van der Waals surface area contributed by atoms with E-state index in [0.717, 1.165) is 30.2 Å². The minimum Gasteiger partial charge on any atom is -0.312 e. The second-order valence-electron chi connectivity index (χ2n) is 5.32. The van der Waals surface area contributed by atoms with Crippen molar-refractivity contribution in [1.29, 1.82) is 0 Å². The minimum atomic E-state index is 0.0281. The first-order valence-electron chi connectivity index (χ1n) is 7.16. The summed E-state index contributed by atoms with van der Waals surface area (Å²) in [6.45, 7) is 6.93. The molecule has 20 heavy (non-hydrogen) atoms. The lowest BCUT2D eigenvalue weighted by molar-refractivity contribution is 0.544. The predicted molar refractivity (Wildman–Crippen MR) is 78.7 cm³/mol. The number of aryl methyl sites for hydroxylation is 2. The summed E-state index contributed by atoms with van der Waals surface area (Å²) >= 11 is 0. The molecule has 5 heteroatoms. The monoisotopic (exact) mass is 274 g/mol. The highest BCUT2D eigenvalue weighted by Crippen LogP contribution is 2.08. The zero-order chi connectivity index (χ0) is 14.5. The molecule has 0 aliphatic heterocycles. The smallest absolute Gasteiger partial charge is 0.250 e. The first kappa shape index (κ1) is 14.5. The van der Waals surface area contributed by atoms with E-state index in [2.05, 4.69) is 29.0 Å². The van der Waals surface area contributed by atoms with Gasteiger partial charge >= 0.3 is 0 Å². The highest BCUT2D eigenvalue weighted by Gasteiger charge is 2.08. The van der Waals surface area contributed by atoms with Gasteiger partial charge in [0.2, 0.25) is 0 Å². The number of nitrogens with zero attached hydrogens (tertiary/aromatic N) is 3. The fourth-order valence-corrected chi connectivity index (χ4v) is 2.13. The van der Waals surface area contributed by atoms with Gasteiger partial charge in [-0.3, -0.25) is 9.89 Å². The molecule has 0 radical (unpaired) electrons. The second kappa shape index (κ2) is 6.50. The Morgan fingerprint density at radius 2 is 2.20 bits per heavy atom. The van der Waals surface area contributed by atoms with Crippen molar-refractivity contribution in [2.75, 3.05) is 0 Å². The van der Waals surface area contributed by atoms with E-state index in [1.807, 2.05) is 13.0 Å². The SMILES string of the molecule is CCC(C)Cc1nc(CCn2c(C)cccc2=O)n[nH]1. The molecular formula is C15H22N4O. The normalized spacial score (nSPS) is 12.6. The zero-order valence-corrected chi connectivity index (χ0v) is 12.4. The predicted octanol–water partition coefficient (Wildman–Crippen LogP) is 2.11. The van der Waals surface area contributed by atoms with Crippen LogP contribution in [0.4, 0.5) is 0 Å². The summed E-state index contributed by atoms with van der Waals surface area (Å²) in [6.07, 6.45) is 2.73. The molecule has 0 bridgehead atoms. The Morgan fingerprint density at radius 3 is 2.90 bits per heavy atom. The number of rotatable bonds is 6. The molecule has 1 atom stereocenters. The van der Waals surface area contributed by atoms with E-state index in [-0.39, 0.29) is 5.56 Å². The maximum absolute atomic E-state index is 11.8. The standard InChI is InChI=1S/C15H22N4O/c1-4-11(2)10-14-16-13(17-18-14)8-9-19-12(3)6-5-7-15(19)20/h5-7,11H,4,8-10H2,1-3H3,(H,16,17,18). The van der Waals surface area contributed by atoms with Gasteiger partial charge in [0.1, 0.15) is 5.82 Å². The third-order valence-electron chi connectivity index (χ3n) is 3.64. The van der Waals surface area contributed by atoms with E-state index in [4.69, 9.17) is 0 Å². The second-order valence-corrected chi connectivity index (χ2v) is 5.32. The maximum Gasteiger partial charge on any atom is 0.250 e. The van der Waals surface area contributed by atoms with Crippen molar-refractivity contribution >= 4 is 0 Å². The average Bonchev–Trinajstić information content (AvgIpc) is 2.85. The van der Waals surface area contributed by atoms with E-state index in [0.29, 0.717) is 18.9 Å². The van der Waals surface area contributed by atoms with Gasteiger partial charge in [0.15, 0.2) is 5.82 Å². The largest absolute Gasteiger partial charge is 0.312 e. The quantitative estimate of drug-likeness (QED) is 0.877. The molecule has 0 spiro atoms. The number of hydrogen-bond donors (Lipinski definition) is 1. The average molecular weight is 274 g/mol. The molecule has 1 unspecified atom stereocenters. The fraction of sp³-hybridized carbons (Fsp3) is 0.533. The molecule has 0 amide bonds. The van der Waals surface area contributed by atoms with Crippen LogP contribution >= 0.6 is 0 Å². The first-order chi connectivity index (χ1) is 9.60. The van der Waals surface area contributed by atoms with Crippen molar-refractivity contribution in [2.24, 2.45) is 5.92 Å². The minimum absolute atomic E-state index is 0.0281. The Balaban J connectivity index is 1.99. The van der Waals surface area contributed by atoms with Crippen LogP contribution < -0.4 is 5.56 Å². The molecule has 2 heterocycles. The van der Waals surface area contributed by atoms with Crippen LogP contribution in [0.3, 0.4) is 0 Å². The fourth-order valence-electron chi connectivity index (χ4n) is 2.13. The Hall–Kier alpha value is -1.91. The lowest BCUT2D eigenvalue weighted by Gasteiger charge is -2.07. The van der Waals surface area contributed by atoms with Crippen molar-refractivity contribution in [1.82, 2.24) is 19.7 Å². The van der Waals surface area contributed by atoms with Gasteiger partial charge in [0.05, 0.1) is 0 Å². The van der Waals surface area contributed by atoms with Gasteiger partial charge in [-0.2, -0.15) is 5.10 Å². The molecule has 2 aromatic heterocycles. The van der Waals surface area contributed by atoms with Crippen LogP contribution in [-0.2, 0) is 19.4 Å². The molecule has 0 aromatic carbocycles. The zero-order valence-electron chi connectivity index (χ0n) is 12.4. The third-order valence-corrected chi connectivity index (χ3v) is 3.64. The van der Waals surface area contributed by atoms with Crippen molar-refractivity contribution in [3.8, 4) is 0 Å². The summed E-state index contributed by atoms with van der Waals surface area (Å²) in [6, 6.07) is 5.30. The Kier molecular flexibility index (Phi) is 4.71. The molecule has 108 valence electrons. The van der Waals surface area contributed by atoms with Crippen molar-refractivity contribution in [3.05, 3.63) is 45.9 Å². The van der Waals surface area contributed by atoms with Gasteiger partial charge < -0.3 is 4.57 Å². The molecule has 0 saturated carbocycles. The van der Waals surface area contributed by atoms with Crippen LogP contribution in [0.1, 0.15) is 37.6 Å². The van der Waals surface area contributed by atoms with Crippen LogP contribution in [0.5, 0.6) is 0 Å². The van der Waals surface area contributed by atoms with Crippen LogP contribution in [0.15, 0.2) is 23.0 Å². The number of aromatic amines is 1. The van der Waals surface area contributed by atoms with E-state index in [1.165, 1.54) is 0 Å². The summed E-state index contributed by atoms with van der Waals surface area (Å²) in [5, 5.41) is 7.21. The highest BCUT2D eigenvalue weighted by atomic mass is 16.1. The molecule has 0 aliphatic carbocycles. The summed E-state index contributed by atoms with van der Waals surface area (Å²) in [7, 11) is 0. The van der Waals surface area contributed by atoms with E-state index < -0.39 is 0 Å². The van der Waals surface area contributed by atoms with E-state index in [9.17, 15) is 4.79 Å². The van der Waals surface area contributed by atoms with Crippen molar-refractivity contribution < 1.29 is 0 Å². The lowest BCUT2D eigenvalue weighted by atomic mass is 10.1. The van der Waals surface area contributed by atoms with Gasteiger partial charge in [-0.1, -0.05) is 26.3 Å².